The molecule has 0 N–H and O–H groups in total. The van der Waals surface area contributed by atoms with Gasteiger partial charge in [0.15, 0.2) is 5.76 Å². The first-order valence-corrected chi connectivity index (χ1v) is 46.3. The monoisotopic (exact) mass is 1420 g/mol. The van der Waals surface area contributed by atoms with Crippen molar-refractivity contribution in [2.75, 3.05) is 13.1 Å². The Hall–Kier alpha value is -3.82. The summed E-state index contributed by atoms with van der Waals surface area (Å²) in [5, 5.41) is 2.73. The first-order chi connectivity index (χ1) is 45.5. The maximum absolute atomic E-state index is 14.0. The Morgan fingerprint density at radius 1 is 0.415 bits per heavy atom. The molecule has 0 aromatic carbocycles. The van der Waals surface area contributed by atoms with Crippen molar-refractivity contribution in [2.24, 2.45) is 23.7 Å². The Balaban J connectivity index is 0.000000221. The summed E-state index contributed by atoms with van der Waals surface area (Å²) >= 11 is 4.76. The van der Waals surface area contributed by atoms with E-state index in [1.165, 1.54) is 196 Å². The van der Waals surface area contributed by atoms with Crippen LogP contribution in [0.3, 0.4) is 0 Å². The van der Waals surface area contributed by atoms with Gasteiger partial charge in [-0.05, 0) is 68.2 Å². The molecule has 94 heavy (non-hydrogen) atoms. The topological polar surface area (TPSA) is 101 Å². The van der Waals surface area contributed by atoms with Crippen LogP contribution in [0.5, 0.6) is 0 Å². The average molecular weight is 1420 g/mol. The van der Waals surface area contributed by atoms with Gasteiger partial charge in [0.25, 0.3) is 11.8 Å². The fourth-order valence-electron chi connectivity index (χ4n) is 16.7. The number of imide groups is 2. The molecule has 0 radical (unpaired) electrons. The van der Waals surface area contributed by atoms with E-state index in [0.29, 0.717) is 76.1 Å². The zero-order chi connectivity index (χ0) is 67.4. The van der Waals surface area contributed by atoms with Crippen molar-refractivity contribution in [1.82, 2.24) is 9.80 Å². The number of carbonyl (C=O) groups excluding carboxylic acids is 4. The van der Waals surface area contributed by atoms with Gasteiger partial charge >= 0.3 is 290 Å². The molecule has 516 valence electrons. The number of rotatable bonds is 40. The molecule has 4 amide bonds. The molecule has 0 bridgehead atoms. The molecule has 4 aliphatic rings. The number of furan rings is 2. The van der Waals surface area contributed by atoms with E-state index in [1.807, 2.05) is 47.9 Å². The SMILES string of the molecule is CCCCCCCCC1(CC(CC)CCCC)c2cc(C)sc2-c2sc(-c3oc(C)c4c3C(=O)N(CC(CC)CCCC)C4=O)cc21.CCCCCCC[CH2][Ge]1([CH2]C(CC)CCCC)[c]2cc(C)sc2-c2sc(-c3oc(C)c4c3C(=O)N(CC(CC)CCCC)C4=O)c[c]21. The molecule has 6 unspecified atom stereocenters. The Bertz CT molecular complexity index is 3280. The summed E-state index contributed by atoms with van der Waals surface area (Å²) < 4.78 is 16.2. The van der Waals surface area contributed by atoms with E-state index in [2.05, 4.69) is 107 Å². The molecule has 0 spiro atoms. The molecular weight excluding hydrogens is 1300 g/mol. The molecule has 1 aliphatic carbocycles. The van der Waals surface area contributed by atoms with Crippen LogP contribution in [0.1, 0.15) is 336 Å². The van der Waals surface area contributed by atoms with Crippen LogP contribution >= 0.6 is 45.3 Å². The van der Waals surface area contributed by atoms with E-state index in [9.17, 15) is 19.2 Å². The van der Waals surface area contributed by atoms with Crippen LogP contribution in [0.4, 0.5) is 0 Å². The summed E-state index contributed by atoms with van der Waals surface area (Å²) in [6.07, 6.45) is 36.8. The van der Waals surface area contributed by atoms with Crippen LogP contribution in [0.25, 0.3) is 40.8 Å². The van der Waals surface area contributed by atoms with Crippen LogP contribution in [-0.4, -0.2) is 59.8 Å². The van der Waals surface area contributed by atoms with E-state index in [1.54, 1.807) is 25.7 Å². The van der Waals surface area contributed by atoms with Crippen molar-refractivity contribution >= 4 is 91.0 Å². The third-order valence-corrected chi connectivity index (χ3v) is 39.0. The Morgan fingerprint density at radius 3 is 1.33 bits per heavy atom. The molecule has 6 aromatic rings. The number of thiophene rings is 4. The minimum atomic E-state index is -2.77. The van der Waals surface area contributed by atoms with Crippen molar-refractivity contribution in [2.45, 2.75) is 305 Å². The maximum atomic E-state index is 14.0. The van der Waals surface area contributed by atoms with Crippen LogP contribution in [0.15, 0.2) is 33.1 Å². The first kappa shape index (κ1) is 74.4. The van der Waals surface area contributed by atoms with Crippen molar-refractivity contribution in [3.05, 3.63) is 78.9 Å². The second-order valence-electron chi connectivity index (χ2n) is 29.1. The molecule has 0 fully saturated rings. The van der Waals surface area contributed by atoms with Crippen molar-refractivity contribution < 1.29 is 28.0 Å². The average Bonchev–Trinajstić information content (AvgIpc) is 1.50. The molecule has 0 saturated heterocycles. The quantitative estimate of drug-likeness (QED) is 0.0216. The normalized spacial score (nSPS) is 18.2. The second-order valence-corrected chi connectivity index (χ2v) is 42.4. The van der Waals surface area contributed by atoms with Gasteiger partial charge in [-0.2, -0.15) is 0 Å². The number of aryl methyl sites for hydroxylation is 4. The fraction of sp³-hybridized carbons (Fsp3) is 0.654. The number of fused-ring (bicyclic) bond motifs is 8. The standard InChI is InChI=1S/C41H59NO3S2.C40H59GeNO3S2/c2*1-8-13-16-17-18-19-22-41(25-29(11-4)20-14-9-2)31-23-27(6)46-37(31)38-32(41)24-33(47-38)36-35-34(28(7)45-36)39(43)42(40(35)44)26-30(12-5)21-15-10-3/h2*23-24,29-30H,8-22,25-26H2,1-7H3. The summed E-state index contributed by atoms with van der Waals surface area (Å²) in [6, 6.07) is 9.91. The summed E-state index contributed by atoms with van der Waals surface area (Å²) in [4.78, 5) is 69.2. The fourth-order valence-corrected chi connectivity index (χ4v) is 37.0. The van der Waals surface area contributed by atoms with Gasteiger partial charge in [-0.3, -0.25) is 14.5 Å². The molecule has 13 heteroatoms. The number of nitrogens with zero attached hydrogens (tertiary/aromatic N) is 2. The summed E-state index contributed by atoms with van der Waals surface area (Å²) in [5.74, 6) is 3.87. The van der Waals surface area contributed by atoms with E-state index < -0.39 is 13.3 Å². The van der Waals surface area contributed by atoms with Crippen LogP contribution in [0.2, 0.25) is 10.5 Å². The molecule has 3 aliphatic heterocycles. The molecule has 6 aromatic heterocycles. The Morgan fingerprint density at radius 2 is 0.809 bits per heavy atom. The molecule has 0 saturated carbocycles. The van der Waals surface area contributed by atoms with Crippen molar-refractivity contribution in [3.8, 4) is 40.8 Å². The van der Waals surface area contributed by atoms with Gasteiger partial charge in [0.2, 0.25) is 0 Å². The van der Waals surface area contributed by atoms with Gasteiger partial charge in [-0.1, -0.05) is 125 Å². The van der Waals surface area contributed by atoms with Crippen LogP contribution < -0.4 is 8.79 Å². The predicted molar refractivity (Wildman–Crippen MR) is 405 cm³/mol. The zero-order valence-corrected chi connectivity index (χ0v) is 66.0. The van der Waals surface area contributed by atoms with E-state index in [0.717, 1.165) is 67.0 Å². The van der Waals surface area contributed by atoms with E-state index in [4.69, 9.17) is 8.83 Å². The zero-order valence-electron chi connectivity index (χ0n) is 60.6. The first-order valence-electron chi connectivity index (χ1n) is 38.0. The number of carbonyl (C=O) groups is 4. The summed E-state index contributed by atoms with van der Waals surface area (Å²) in [7, 11) is 0. The third-order valence-electron chi connectivity index (χ3n) is 22.3. The van der Waals surface area contributed by atoms with Crippen LogP contribution in [-0.2, 0) is 5.41 Å². The number of hydrogen-bond donors (Lipinski definition) is 0. The molecule has 10 rings (SSSR count). The third kappa shape index (κ3) is 15.5. The summed E-state index contributed by atoms with van der Waals surface area (Å²) in [5.41, 5.74) is 4.99. The predicted octanol–water partition coefficient (Wildman–Crippen LogP) is 24.7. The molecule has 9 heterocycles. The van der Waals surface area contributed by atoms with E-state index in [-0.39, 0.29) is 29.0 Å². The number of amides is 4. The van der Waals surface area contributed by atoms with Crippen molar-refractivity contribution in [1.29, 1.82) is 0 Å². The molecular formula is C81H118GeN2O6S4. The van der Waals surface area contributed by atoms with Gasteiger partial charge in [0.05, 0.1) is 10.4 Å². The van der Waals surface area contributed by atoms with Gasteiger partial charge < -0.3 is 4.42 Å². The Kier molecular flexibility index (Phi) is 27.2. The second kappa shape index (κ2) is 34.3. The minimum absolute atomic E-state index is 0.00630. The van der Waals surface area contributed by atoms with Crippen molar-refractivity contribution in [3.63, 3.8) is 0 Å². The Labute approximate surface area is 586 Å². The van der Waals surface area contributed by atoms with Gasteiger partial charge in [-0.15, -0.1) is 22.7 Å². The van der Waals surface area contributed by atoms with Gasteiger partial charge in [-0.25, -0.2) is 0 Å². The van der Waals surface area contributed by atoms with Gasteiger partial charge in [0, 0.05) is 26.6 Å². The van der Waals surface area contributed by atoms with Crippen LogP contribution in [0, 0.1) is 51.4 Å². The summed E-state index contributed by atoms with van der Waals surface area (Å²) in [6.45, 7) is 32.0. The van der Waals surface area contributed by atoms with E-state index >= 15 is 0 Å². The van der Waals surface area contributed by atoms with Gasteiger partial charge in [0.1, 0.15) is 11.3 Å². The molecule has 6 atom stereocenters. The molecule has 8 nitrogen and oxygen atoms in total. The number of unbranched alkanes of at least 4 members (excludes halogenated alkanes) is 14. The number of hydrogen-bond acceptors (Lipinski definition) is 10.